The Bertz CT molecular complexity index is 970. The van der Waals surface area contributed by atoms with Crippen molar-refractivity contribution in [1.29, 1.82) is 0 Å². The number of hydrogen-bond donors (Lipinski definition) is 1. The number of amides is 1. The summed E-state index contributed by atoms with van der Waals surface area (Å²) in [6, 6.07) is 8.52. The van der Waals surface area contributed by atoms with E-state index in [1.165, 1.54) is 55.4 Å². The molecule has 0 radical (unpaired) electrons. The molecule has 0 saturated heterocycles. The quantitative estimate of drug-likeness (QED) is 0.814. The Morgan fingerprint density at radius 1 is 0.964 bits per heavy atom. The molecule has 10 heteroatoms. The molecule has 0 fully saturated rings. The van der Waals surface area contributed by atoms with E-state index in [9.17, 15) is 26.4 Å². The Hall–Kier alpha value is -2.59. The third-order valence-electron chi connectivity index (χ3n) is 3.97. The van der Waals surface area contributed by atoms with Crippen LogP contribution in [-0.2, 0) is 16.2 Å². The predicted octanol–water partition coefficient (Wildman–Crippen LogP) is 3.27. The van der Waals surface area contributed by atoms with Crippen LogP contribution < -0.4 is 10.2 Å². The van der Waals surface area contributed by atoms with E-state index in [2.05, 4.69) is 5.32 Å². The van der Waals surface area contributed by atoms with Gasteiger partial charge in [0.25, 0.3) is 5.91 Å². The fourth-order valence-corrected chi connectivity index (χ4v) is 3.24. The Kier molecular flexibility index (Phi) is 6.05. The van der Waals surface area contributed by atoms with E-state index in [0.717, 1.165) is 10.4 Å². The molecular formula is C18H20F3N3O3S. The SMILES string of the molecule is CN(C)c1ccc(NC(=O)c2ccc(S(=O)(=O)N(C)C)cc2)c(C(F)(F)F)c1. The van der Waals surface area contributed by atoms with Crippen molar-refractivity contribution in [3.05, 3.63) is 53.6 Å². The number of halogens is 3. The van der Waals surface area contributed by atoms with Crippen LogP contribution in [0.25, 0.3) is 0 Å². The van der Waals surface area contributed by atoms with Gasteiger partial charge in [-0.3, -0.25) is 4.79 Å². The molecule has 152 valence electrons. The van der Waals surface area contributed by atoms with Gasteiger partial charge in [0, 0.05) is 39.4 Å². The second-order valence-electron chi connectivity index (χ2n) is 6.39. The predicted molar refractivity (Wildman–Crippen MR) is 101 cm³/mol. The highest BCUT2D eigenvalue weighted by Gasteiger charge is 2.34. The lowest BCUT2D eigenvalue weighted by atomic mass is 10.1. The van der Waals surface area contributed by atoms with E-state index in [0.29, 0.717) is 5.69 Å². The zero-order valence-electron chi connectivity index (χ0n) is 15.7. The van der Waals surface area contributed by atoms with Crippen molar-refractivity contribution in [1.82, 2.24) is 4.31 Å². The third-order valence-corrected chi connectivity index (χ3v) is 5.80. The first-order valence-electron chi connectivity index (χ1n) is 8.06. The van der Waals surface area contributed by atoms with Gasteiger partial charge in [-0.2, -0.15) is 13.2 Å². The van der Waals surface area contributed by atoms with Crippen molar-refractivity contribution < 1.29 is 26.4 Å². The van der Waals surface area contributed by atoms with Gasteiger partial charge in [-0.15, -0.1) is 0 Å². The van der Waals surface area contributed by atoms with Crippen LogP contribution in [-0.4, -0.2) is 46.8 Å². The molecule has 28 heavy (non-hydrogen) atoms. The topological polar surface area (TPSA) is 69.7 Å². The normalized spacial score (nSPS) is 12.1. The molecule has 0 unspecified atom stereocenters. The number of nitrogens with one attached hydrogen (secondary N) is 1. The van der Waals surface area contributed by atoms with Crippen LogP contribution in [0.5, 0.6) is 0 Å². The van der Waals surface area contributed by atoms with Crippen LogP contribution in [0, 0.1) is 0 Å². The van der Waals surface area contributed by atoms with E-state index in [1.54, 1.807) is 14.1 Å². The lowest BCUT2D eigenvalue weighted by Gasteiger charge is -2.19. The highest BCUT2D eigenvalue weighted by molar-refractivity contribution is 7.89. The first-order valence-corrected chi connectivity index (χ1v) is 9.50. The van der Waals surface area contributed by atoms with Gasteiger partial charge in [0.05, 0.1) is 16.1 Å². The first kappa shape index (κ1) is 21.7. The number of hydrogen-bond acceptors (Lipinski definition) is 4. The number of nitrogens with zero attached hydrogens (tertiary/aromatic N) is 2. The molecule has 0 aliphatic heterocycles. The Morgan fingerprint density at radius 3 is 2.00 bits per heavy atom. The minimum absolute atomic E-state index is 0.0274. The number of anilines is 2. The molecule has 0 spiro atoms. The maximum absolute atomic E-state index is 13.4. The van der Waals surface area contributed by atoms with Crippen LogP contribution in [0.1, 0.15) is 15.9 Å². The zero-order valence-corrected chi connectivity index (χ0v) is 16.5. The maximum Gasteiger partial charge on any atom is 0.418 e. The monoisotopic (exact) mass is 415 g/mol. The van der Waals surface area contributed by atoms with E-state index >= 15 is 0 Å². The number of carbonyl (C=O) groups excluding carboxylic acids is 1. The van der Waals surface area contributed by atoms with E-state index in [-0.39, 0.29) is 16.1 Å². The summed E-state index contributed by atoms with van der Waals surface area (Å²) in [6.07, 6.45) is -4.65. The van der Waals surface area contributed by atoms with Crippen LogP contribution in [0.2, 0.25) is 0 Å². The highest BCUT2D eigenvalue weighted by Crippen LogP contribution is 2.37. The second kappa shape index (κ2) is 7.80. The Labute approximate surface area is 161 Å². The molecule has 1 amide bonds. The van der Waals surface area contributed by atoms with Gasteiger partial charge in [0.1, 0.15) is 0 Å². The smallest absolute Gasteiger partial charge is 0.378 e. The van der Waals surface area contributed by atoms with Crippen LogP contribution in [0.15, 0.2) is 47.4 Å². The zero-order chi connectivity index (χ0) is 21.3. The third kappa shape index (κ3) is 4.63. The lowest BCUT2D eigenvalue weighted by molar-refractivity contribution is -0.136. The number of sulfonamides is 1. The van der Waals surface area contributed by atoms with Crippen molar-refractivity contribution in [3.8, 4) is 0 Å². The average Bonchev–Trinajstić information content (AvgIpc) is 2.60. The summed E-state index contributed by atoms with van der Waals surface area (Å²) >= 11 is 0. The molecule has 0 bridgehead atoms. The molecule has 0 aromatic heterocycles. The molecule has 0 atom stereocenters. The van der Waals surface area contributed by atoms with Crippen LogP contribution >= 0.6 is 0 Å². The molecule has 0 aliphatic carbocycles. The molecule has 2 aromatic carbocycles. The molecule has 0 saturated carbocycles. The maximum atomic E-state index is 13.4. The molecule has 1 N–H and O–H groups in total. The van der Waals surface area contributed by atoms with Gasteiger partial charge < -0.3 is 10.2 Å². The van der Waals surface area contributed by atoms with Crippen molar-refractivity contribution in [2.45, 2.75) is 11.1 Å². The van der Waals surface area contributed by atoms with Crippen molar-refractivity contribution >= 4 is 27.3 Å². The van der Waals surface area contributed by atoms with Crippen molar-refractivity contribution in [3.63, 3.8) is 0 Å². The molecule has 2 rings (SSSR count). The molecule has 6 nitrogen and oxygen atoms in total. The number of rotatable bonds is 5. The van der Waals surface area contributed by atoms with Crippen molar-refractivity contribution in [2.24, 2.45) is 0 Å². The van der Waals surface area contributed by atoms with E-state index in [1.807, 2.05) is 0 Å². The lowest BCUT2D eigenvalue weighted by Crippen LogP contribution is -2.22. The number of alkyl halides is 3. The Balaban J connectivity index is 2.33. The van der Waals surface area contributed by atoms with E-state index in [4.69, 9.17) is 0 Å². The highest BCUT2D eigenvalue weighted by atomic mass is 32.2. The molecular weight excluding hydrogens is 395 g/mol. The molecule has 0 heterocycles. The van der Waals surface area contributed by atoms with Gasteiger partial charge in [0.15, 0.2) is 0 Å². The number of carbonyl (C=O) groups is 1. The summed E-state index contributed by atoms with van der Waals surface area (Å²) in [7, 11) is 2.28. The van der Waals surface area contributed by atoms with Crippen LogP contribution in [0.4, 0.5) is 24.5 Å². The summed E-state index contributed by atoms with van der Waals surface area (Å²) in [5, 5.41) is 2.24. The fourth-order valence-electron chi connectivity index (χ4n) is 2.34. The summed E-state index contributed by atoms with van der Waals surface area (Å²) in [5.74, 6) is -0.781. The first-order chi connectivity index (χ1) is 12.8. The van der Waals surface area contributed by atoms with Gasteiger partial charge in [-0.1, -0.05) is 0 Å². The van der Waals surface area contributed by atoms with Gasteiger partial charge in [-0.25, -0.2) is 12.7 Å². The molecule has 0 aliphatic rings. The summed E-state index contributed by atoms with van der Waals surface area (Å²) in [6.45, 7) is 0. The average molecular weight is 415 g/mol. The van der Waals surface area contributed by atoms with Crippen molar-refractivity contribution in [2.75, 3.05) is 38.4 Å². The largest absolute Gasteiger partial charge is 0.418 e. The summed E-state index contributed by atoms with van der Waals surface area (Å²) < 4.78 is 65.2. The minimum Gasteiger partial charge on any atom is -0.378 e. The summed E-state index contributed by atoms with van der Waals surface area (Å²) in [4.78, 5) is 13.8. The number of benzene rings is 2. The second-order valence-corrected chi connectivity index (χ2v) is 8.54. The standard InChI is InChI=1S/C18H20F3N3O3S/c1-23(2)13-7-10-16(15(11-13)18(19,20)21)22-17(25)12-5-8-14(9-6-12)28(26,27)24(3)4/h5-11H,1-4H3,(H,22,25). The van der Waals surface area contributed by atoms with E-state index < -0.39 is 27.7 Å². The Morgan fingerprint density at radius 2 is 1.54 bits per heavy atom. The fraction of sp³-hybridized carbons (Fsp3) is 0.278. The van der Waals surface area contributed by atoms with Crippen LogP contribution in [0.3, 0.4) is 0 Å². The minimum atomic E-state index is -4.65. The van der Waals surface area contributed by atoms with Gasteiger partial charge >= 0.3 is 6.18 Å². The van der Waals surface area contributed by atoms with Gasteiger partial charge in [-0.05, 0) is 42.5 Å². The van der Waals surface area contributed by atoms with Gasteiger partial charge in [0.2, 0.25) is 10.0 Å². The summed E-state index contributed by atoms with van der Waals surface area (Å²) in [5.41, 5.74) is -0.988. The molecule has 2 aromatic rings.